The van der Waals surface area contributed by atoms with Crippen molar-refractivity contribution >= 4 is 5.97 Å². The van der Waals surface area contributed by atoms with Gasteiger partial charge in [0.25, 0.3) is 0 Å². The molecule has 28 heavy (non-hydrogen) atoms. The molecule has 0 spiro atoms. The lowest BCUT2D eigenvalue weighted by atomic mass is 10.0. The summed E-state index contributed by atoms with van der Waals surface area (Å²) in [5, 5.41) is 9.09. The van der Waals surface area contributed by atoms with Crippen molar-refractivity contribution in [1.82, 2.24) is 0 Å². The number of carboxylic acid groups (broad SMARTS) is 1. The standard InChI is InChI=1S/C26H50O2/c1-3-5-6-7-8-9-10-11-12-13-14-15-16-17-18-19-20-21-22-24-25(23-4-2)26(27)28/h24H,3-23H2,1-2H3,(H,27,28). The van der Waals surface area contributed by atoms with Gasteiger partial charge in [-0.3, -0.25) is 0 Å². The van der Waals surface area contributed by atoms with Crippen LogP contribution in [0.3, 0.4) is 0 Å². The highest BCUT2D eigenvalue weighted by atomic mass is 16.4. The molecule has 0 atom stereocenters. The summed E-state index contributed by atoms with van der Waals surface area (Å²) in [5.74, 6) is -0.732. The summed E-state index contributed by atoms with van der Waals surface area (Å²) in [5.41, 5.74) is 0.606. The lowest BCUT2D eigenvalue weighted by Gasteiger charge is -2.04. The molecule has 1 N–H and O–H groups in total. The van der Waals surface area contributed by atoms with Gasteiger partial charge in [0.2, 0.25) is 0 Å². The van der Waals surface area contributed by atoms with Gasteiger partial charge in [0.1, 0.15) is 0 Å². The van der Waals surface area contributed by atoms with Crippen LogP contribution in [0.2, 0.25) is 0 Å². The van der Waals surface area contributed by atoms with Crippen LogP contribution >= 0.6 is 0 Å². The van der Waals surface area contributed by atoms with E-state index in [1.54, 1.807) is 0 Å². The zero-order valence-corrected chi connectivity index (χ0v) is 19.3. The lowest BCUT2D eigenvalue weighted by Crippen LogP contribution is -2.00. The summed E-state index contributed by atoms with van der Waals surface area (Å²) in [6.45, 7) is 4.32. The fourth-order valence-electron chi connectivity index (χ4n) is 3.89. The molecular weight excluding hydrogens is 344 g/mol. The molecule has 0 saturated carbocycles. The van der Waals surface area contributed by atoms with Crippen LogP contribution in [0.1, 0.15) is 149 Å². The molecule has 0 bridgehead atoms. The average molecular weight is 395 g/mol. The fourth-order valence-corrected chi connectivity index (χ4v) is 3.89. The average Bonchev–Trinajstić information content (AvgIpc) is 2.68. The molecule has 2 nitrogen and oxygen atoms in total. The van der Waals surface area contributed by atoms with Crippen molar-refractivity contribution in [3.63, 3.8) is 0 Å². The minimum atomic E-state index is -0.732. The monoisotopic (exact) mass is 394 g/mol. The van der Waals surface area contributed by atoms with Crippen molar-refractivity contribution in [2.75, 3.05) is 0 Å². The summed E-state index contributed by atoms with van der Waals surface area (Å²) < 4.78 is 0. The highest BCUT2D eigenvalue weighted by Gasteiger charge is 2.04. The summed E-state index contributed by atoms with van der Waals surface area (Å²) in [7, 11) is 0. The molecule has 0 unspecified atom stereocenters. The predicted molar refractivity (Wildman–Crippen MR) is 124 cm³/mol. The first-order chi connectivity index (χ1) is 13.7. The lowest BCUT2D eigenvalue weighted by molar-refractivity contribution is -0.132. The quantitative estimate of drug-likeness (QED) is 0.147. The Morgan fingerprint density at radius 2 is 0.929 bits per heavy atom. The number of aliphatic carboxylic acids is 1. The first kappa shape index (κ1) is 27.2. The zero-order chi connectivity index (χ0) is 20.7. The third-order valence-electron chi connectivity index (χ3n) is 5.74. The molecule has 166 valence electrons. The van der Waals surface area contributed by atoms with Crippen LogP contribution in [-0.2, 0) is 4.79 Å². The molecule has 0 aromatic carbocycles. The largest absolute Gasteiger partial charge is 0.478 e. The van der Waals surface area contributed by atoms with E-state index in [4.69, 9.17) is 5.11 Å². The summed E-state index contributed by atoms with van der Waals surface area (Å²) in [6.07, 6.45) is 29.5. The van der Waals surface area contributed by atoms with Crippen LogP contribution in [0.5, 0.6) is 0 Å². The number of carbonyl (C=O) groups is 1. The van der Waals surface area contributed by atoms with Crippen LogP contribution in [0.15, 0.2) is 11.6 Å². The van der Waals surface area contributed by atoms with E-state index in [0.717, 1.165) is 19.3 Å². The van der Waals surface area contributed by atoms with E-state index in [0.29, 0.717) is 12.0 Å². The van der Waals surface area contributed by atoms with Crippen molar-refractivity contribution in [1.29, 1.82) is 0 Å². The number of carboxylic acids is 1. The molecule has 0 aliphatic heterocycles. The fraction of sp³-hybridized carbons (Fsp3) is 0.885. The Hall–Kier alpha value is -0.790. The third kappa shape index (κ3) is 20.0. The van der Waals surface area contributed by atoms with Gasteiger partial charge in [-0.05, 0) is 19.3 Å². The molecule has 2 heteroatoms. The Bertz CT molecular complexity index is 359. The second-order valence-electron chi connectivity index (χ2n) is 8.58. The topological polar surface area (TPSA) is 37.3 Å². The van der Waals surface area contributed by atoms with Crippen molar-refractivity contribution in [3.05, 3.63) is 11.6 Å². The molecule has 0 rings (SSSR count). The maximum atomic E-state index is 11.0. The van der Waals surface area contributed by atoms with E-state index in [2.05, 4.69) is 6.92 Å². The minimum Gasteiger partial charge on any atom is -0.478 e. The van der Waals surface area contributed by atoms with E-state index >= 15 is 0 Å². The van der Waals surface area contributed by atoms with E-state index in [1.807, 2.05) is 13.0 Å². The van der Waals surface area contributed by atoms with Crippen LogP contribution in [0, 0.1) is 0 Å². The maximum absolute atomic E-state index is 11.0. The maximum Gasteiger partial charge on any atom is 0.331 e. The number of unbranched alkanes of at least 4 members (excludes halogenated alkanes) is 18. The molecule has 0 aromatic rings. The Balaban J connectivity index is 3.22. The number of hydrogen-bond donors (Lipinski definition) is 1. The molecule has 0 aromatic heterocycles. The second-order valence-corrected chi connectivity index (χ2v) is 8.58. The third-order valence-corrected chi connectivity index (χ3v) is 5.74. The highest BCUT2D eigenvalue weighted by molar-refractivity contribution is 5.86. The molecule has 0 heterocycles. The Morgan fingerprint density at radius 3 is 1.25 bits per heavy atom. The molecule has 0 radical (unpaired) electrons. The van der Waals surface area contributed by atoms with Gasteiger partial charge < -0.3 is 5.11 Å². The summed E-state index contributed by atoms with van der Waals surface area (Å²) in [6, 6.07) is 0. The normalized spacial score (nSPS) is 11.9. The van der Waals surface area contributed by atoms with Crippen LogP contribution < -0.4 is 0 Å². The van der Waals surface area contributed by atoms with Crippen LogP contribution in [-0.4, -0.2) is 11.1 Å². The molecule has 0 fully saturated rings. The number of rotatable bonds is 22. The molecule has 0 amide bonds. The van der Waals surface area contributed by atoms with Gasteiger partial charge in [0.15, 0.2) is 0 Å². The molecule has 0 saturated heterocycles. The first-order valence-electron chi connectivity index (χ1n) is 12.6. The Labute approximate surface area is 176 Å². The summed E-state index contributed by atoms with van der Waals surface area (Å²) >= 11 is 0. The second kappa shape index (κ2) is 22.5. The van der Waals surface area contributed by atoms with E-state index in [1.165, 1.54) is 109 Å². The van der Waals surface area contributed by atoms with Crippen molar-refractivity contribution in [2.45, 2.75) is 149 Å². The summed E-state index contributed by atoms with van der Waals surface area (Å²) in [4.78, 5) is 11.0. The Morgan fingerprint density at radius 1 is 0.571 bits per heavy atom. The first-order valence-corrected chi connectivity index (χ1v) is 12.6. The van der Waals surface area contributed by atoms with Gasteiger partial charge in [-0.2, -0.15) is 0 Å². The van der Waals surface area contributed by atoms with E-state index in [9.17, 15) is 4.79 Å². The number of allylic oxidation sites excluding steroid dienone is 1. The van der Waals surface area contributed by atoms with Crippen molar-refractivity contribution < 1.29 is 9.90 Å². The smallest absolute Gasteiger partial charge is 0.331 e. The van der Waals surface area contributed by atoms with Gasteiger partial charge in [0, 0.05) is 5.57 Å². The molecule has 0 aliphatic carbocycles. The van der Waals surface area contributed by atoms with Crippen LogP contribution in [0.25, 0.3) is 0 Å². The van der Waals surface area contributed by atoms with Crippen molar-refractivity contribution in [3.8, 4) is 0 Å². The van der Waals surface area contributed by atoms with E-state index in [-0.39, 0.29) is 0 Å². The Kier molecular flexibility index (Phi) is 21.9. The van der Waals surface area contributed by atoms with Gasteiger partial charge in [-0.15, -0.1) is 0 Å². The minimum absolute atomic E-state index is 0.606. The number of hydrogen-bond acceptors (Lipinski definition) is 1. The van der Waals surface area contributed by atoms with Gasteiger partial charge >= 0.3 is 5.97 Å². The van der Waals surface area contributed by atoms with Crippen LogP contribution in [0.4, 0.5) is 0 Å². The predicted octanol–water partition coefficient (Wildman–Crippen LogP) is 9.23. The molecular formula is C26H50O2. The van der Waals surface area contributed by atoms with Crippen molar-refractivity contribution in [2.24, 2.45) is 0 Å². The highest BCUT2D eigenvalue weighted by Crippen LogP contribution is 2.15. The molecule has 0 aliphatic rings. The van der Waals surface area contributed by atoms with E-state index < -0.39 is 5.97 Å². The van der Waals surface area contributed by atoms with Gasteiger partial charge in [-0.25, -0.2) is 4.79 Å². The van der Waals surface area contributed by atoms with Gasteiger partial charge in [-0.1, -0.05) is 135 Å². The zero-order valence-electron chi connectivity index (χ0n) is 19.3. The SMILES string of the molecule is CCCCCCCCCCCCCCCCCCCCC=C(CCC)C(=O)O. The van der Waals surface area contributed by atoms with Gasteiger partial charge in [0.05, 0.1) is 0 Å².